The summed E-state index contributed by atoms with van der Waals surface area (Å²) in [6.45, 7) is 0. The molecule has 0 saturated heterocycles. The average molecular weight is 350 g/mol. The van der Waals surface area contributed by atoms with Crippen LogP contribution in [0.15, 0.2) is 53.5 Å². The second-order valence-corrected chi connectivity index (χ2v) is 6.54. The predicted molar refractivity (Wildman–Crippen MR) is 95.5 cm³/mol. The molecule has 4 rings (SSSR count). The van der Waals surface area contributed by atoms with Gasteiger partial charge in [-0.05, 0) is 37.0 Å². The highest BCUT2D eigenvalue weighted by atomic mass is 16.3. The number of carbonyl (C=O) groups is 1. The first-order valence-electron chi connectivity index (χ1n) is 8.51. The summed E-state index contributed by atoms with van der Waals surface area (Å²) >= 11 is 0. The Morgan fingerprint density at radius 1 is 1.15 bits per heavy atom. The minimum atomic E-state index is -0.380. The number of benzene rings is 1. The molecule has 1 fully saturated rings. The lowest BCUT2D eigenvalue weighted by atomic mass is 9.76. The zero-order valence-corrected chi connectivity index (χ0v) is 13.9. The van der Waals surface area contributed by atoms with E-state index in [2.05, 4.69) is 20.5 Å². The molecule has 0 aliphatic heterocycles. The molecule has 132 valence electrons. The summed E-state index contributed by atoms with van der Waals surface area (Å²) < 4.78 is 0. The molecule has 2 aromatic heterocycles. The molecule has 7 nitrogen and oxygen atoms in total. The highest BCUT2D eigenvalue weighted by molar-refractivity contribution is 6.04. The maximum absolute atomic E-state index is 12.9. The molecule has 7 heteroatoms. The first-order valence-corrected chi connectivity index (χ1v) is 8.51. The number of rotatable bonds is 4. The Hall–Kier alpha value is -3.06. The Bertz CT molecular complexity index is 996. The number of pyridine rings is 1. The van der Waals surface area contributed by atoms with E-state index in [1.165, 1.54) is 0 Å². The van der Waals surface area contributed by atoms with Gasteiger partial charge in [-0.3, -0.25) is 14.6 Å². The Morgan fingerprint density at radius 3 is 2.58 bits per heavy atom. The first-order chi connectivity index (χ1) is 12.6. The summed E-state index contributed by atoms with van der Waals surface area (Å²) in [6, 6.07) is 12.1. The average Bonchev–Trinajstić information content (AvgIpc) is 2.65. The van der Waals surface area contributed by atoms with Crippen LogP contribution in [-0.4, -0.2) is 32.3 Å². The molecule has 0 spiro atoms. The summed E-state index contributed by atoms with van der Waals surface area (Å²) in [5.41, 5.74) is 0.577. The number of H-pyrrole nitrogens is 1. The van der Waals surface area contributed by atoms with Crippen LogP contribution in [0, 0.1) is 5.92 Å². The minimum absolute atomic E-state index is 0.109. The van der Waals surface area contributed by atoms with E-state index >= 15 is 0 Å². The van der Waals surface area contributed by atoms with Crippen molar-refractivity contribution in [1.82, 2.24) is 20.5 Å². The lowest BCUT2D eigenvalue weighted by Gasteiger charge is -2.37. The molecule has 1 saturated carbocycles. The van der Waals surface area contributed by atoms with Crippen LogP contribution >= 0.6 is 0 Å². The number of nitrogens with one attached hydrogen (secondary N) is 2. The Morgan fingerprint density at radius 2 is 1.88 bits per heavy atom. The van der Waals surface area contributed by atoms with E-state index < -0.39 is 0 Å². The van der Waals surface area contributed by atoms with E-state index in [1.807, 2.05) is 18.2 Å². The normalized spacial score (nSPS) is 20.3. The van der Waals surface area contributed by atoms with Gasteiger partial charge in [-0.1, -0.05) is 24.3 Å². The smallest absolute Gasteiger partial charge is 0.272 e. The maximum Gasteiger partial charge on any atom is 0.272 e. The third-order valence-corrected chi connectivity index (χ3v) is 4.83. The van der Waals surface area contributed by atoms with Gasteiger partial charge in [0.05, 0.1) is 23.2 Å². The van der Waals surface area contributed by atoms with E-state index in [9.17, 15) is 14.7 Å². The molecule has 0 unspecified atom stereocenters. The standard InChI is InChI=1S/C19H18N4O3/c24-12-9-11(10-12)16(15-7-3-4-8-20-15)21-19(26)17-13-5-1-2-6-14(13)18(25)23-22-17/h1-8,11-12,16,24H,9-10H2,(H,21,26)(H,23,25)/t11?,12?,16-/m0/s1. The van der Waals surface area contributed by atoms with Crippen LogP contribution in [0.5, 0.6) is 0 Å². The summed E-state index contributed by atoms with van der Waals surface area (Å²) in [7, 11) is 0. The Balaban J connectivity index is 1.67. The lowest BCUT2D eigenvalue weighted by molar-refractivity contribution is 0.0228. The third kappa shape index (κ3) is 2.97. The number of hydrogen-bond donors (Lipinski definition) is 3. The van der Waals surface area contributed by atoms with Crippen molar-refractivity contribution >= 4 is 16.7 Å². The molecule has 2 heterocycles. The second kappa shape index (κ2) is 6.68. The molecule has 1 aliphatic carbocycles. The zero-order valence-electron chi connectivity index (χ0n) is 13.9. The van der Waals surface area contributed by atoms with Gasteiger partial charge in [0.25, 0.3) is 11.5 Å². The number of fused-ring (bicyclic) bond motifs is 1. The van der Waals surface area contributed by atoms with Crippen LogP contribution in [0.25, 0.3) is 10.8 Å². The maximum atomic E-state index is 12.9. The number of carbonyl (C=O) groups excluding carboxylic acids is 1. The van der Waals surface area contributed by atoms with Crippen LogP contribution < -0.4 is 10.9 Å². The fourth-order valence-corrected chi connectivity index (χ4v) is 3.39. The fourth-order valence-electron chi connectivity index (χ4n) is 3.39. The van der Waals surface area contributed by atoms with Crippen molar-refractivity contribution < 1.29 is 9.90 Å². The second-order valence-electron chi connectivity index (χ2n) is 6.54. The summed E-state index contributed by atoms with van der Waals surface area (Å²) in [4.78, 5) is 29.2. The van der Waals surface area contributed by atoms with E-state index in [0.717, 1.165) is 5.69 Å². The van der Waals surface area contributed by atoms with Crippen molar-refractivity contribution in [2.75, 3.05) is 0 Å². The SMILES string of the molecule is O=C(N[C@H](c1ccccn1)C1CC(O)C1)c1n[nH]c(=O)c2ccccc12. The van der Waals surface area contributed by atoms with E-state index in [4.69, 9.17) is 0 Å². The Labute approximate surface area is 149 Å². The number of aromatic amines is 1. The topological polar surface area (TPSA) is 108 Å². The van der Waals surface area contributed by atoms with Crippen molar-refractivity contribution in [3.05, 3.63) is 70.4 Å². The van der Waals surface area contributed by atoms with Crippen LogP contribution in [0.2, 0.25) is 0 Å². The Kier molecular flexibility index (Phi) is 4.22. The molecular formula is C19H18N4O3. The third-order valence-electron chi connectivity index (χ3n) is 4.83. The van der Waals surface area contributed by atoms with Gasteiger partial charge in [-0.15, -0.1) is 0 Å². The molecular weight excluding hydrogens is 332 g/mol. The van der Waals surface area contributed by atoms with E-state index in [0.29, 0.717) is 23.6 Å². The van der Waals surface area contributed by atoms with Gasteiger partial charge in [-0.2, -0.15) is 5.10 Å². The van der Waals surface area contributed by atoms with Crippen molar-refractivity contribution in [1.29, 1.82) is 0 Å². The number of aliphatic hydroxyl groups excluding tert-OH is 1. The van der Waals surface area contributed by atoms with Gasteiger partial charge in [0.2, 0.25) is 0 Å². The van der Waals surface area contributed by atoms with Gasteiger partial charge in [0, 0.05) is 11.6 Å². The van der Waals surface area contributed by atoms with Gasteiger partial charge in [0.1, 0.15) is 0 Å². The number of hydrogen-bond acceptors (Lipinski definition) is 5. The largest absolute Gasteiger partial charge is 0.393 e. The van der Waals surface area contributed by atoms with Crippen LogP contribution in [0.1, 0.15) is 35.1 Å². The fraction of sp³-hybridized carbons (Fsp3) is 0.263. The summed E-state index contributed by atoms with van der Waals surface area (Å²) in [5, 5.41) is 19.9. The van der Waals surface area contributed by atoms with Crippen molar-refractivity contribution in [3.63, 3.8) is 0 Å². The molecule has 1 atom stereocenters. The lowest BCUT2D eigenvalue weighted by Crippen LogP contribution is -2.42. The number of nitrogens with zero attached hydrogens (tertiary/aromatic N) is 2. The highest BCUT2D eigenvalue weighted by Gasteiger charge is 2.36. The van der Waals surface area contributed by atoms with Crippen molar-refractivity contribution in [3.8, 4) is 0 Å². The molecule has 0 bridgehead atoms. The molecule has 1 aromatic carbocycles. The number of aliphatic hydroxyl groups is 1. The quantitative estimate of drug-likeness (QED) is 0.662. The van der Waals surface area contributed by atoms with E-state index in [-0.39, 0.29) is 35.2 Å². The minimum Gasteiger partial charge on any atom is -0.393 e. The highest BCUT2D eigenvalue weighted by Crippen LogP contribution is 2.37. The van der Waals surface area contributed by atoms with Gasteiger partial charge in [-0.25, -0.2) is 5.10 Å². The first kappa shape index (κ1) is 16.4. The summed E-state index contributed by atoms with van der Waals surface area (Å²) in [5.74, 6) is -0.271. The molecule has 1 aliphatic rings. The van der Waals surface area contributed by atoms with E-state index in [1.54, 1.807) is 30.5 Å². The van der Waals surface area contributed by atoms with Gasteiger partial charge >= 0.3 is 0 Å². The molecule has 1 amide bonds. The molecule has 3 N–H and O–H groups in total. The molecule has 26 heavy (non-hydrogen) atoms. The van der Waals surface area contributed by atoms with Gasteiger partial charge < -0.3 is 10.4 Å². The molecule has 3 aromatic rings. The predicted octanol–water partition coefficient (Wildman–Crippen LogP) is 1.56. The monoisotopic (exact) mass is 350 g/mol. The summed E-state index contributed by atoms with van der Waals surface area (Å²) in [6.07, 6.45) is 2.56. The zero-order chi connectivity index (χ0) is 18.1. The van der Waals surface area contributed by atoms with Crippen LogP contribution in [0.4, 0.5) is 0 Å². The van der Waals surface area contributed by atoms with Crippen LogP contribution in [-0.2, 0) is 0 Å². The van der Waals surface area contributed by atoms with Crippen molar-refractivity contribution in [2.24, 2.45) is 5.92 Å². The van der Waals surface area contributed by atoms with Crippen molar-refractivity contribution in [2.45, 2.75) is 25.0 Å². The number of aromatic nitrogens is 3. The molecule has 0 radical (unpaired) electrons. The van der Waals surface area contributed by atoms with Gasteiger partial charge in [0.15, 0.2) is 5.69 Å². The number of amides is 1. The van der Waals surface area contributed by atoms with Crippen LogP contribution in [0.3, 0.4) is 0 Å².